The van der Waals surface area contributed by atoms with Crippen molar-refractivity contribution in [3.05, 3.63) is 40.1 Å². The van der Waals surface area contributed by atoms with Crippen molar-refractivity contribution in [2.75, 3.05) is 0 Å². The highest BCUT2D eigenvalue weighted by molar-refractivity contribution is 5.54. The Bertz CT molecular complexity index is 516. The topological polar surface area (TPSA) is 58.9 Å². The van der Waals surface area contributed by atoms with E-state index >= 15 is 0 Å². The van der Waals surface area contributed by atoms with Crippen molar-refractivity contribution in [2.24, 2.45) is 0 Å². The number of benzene rings is 1. The van der Waals surface area contributed by atoms with Gasteiger partial charge < -0.3 is 0 Å². The molecule has 5 heteroatoms. The molecule has 1 N–H and O–H groups in total. The Morgan fingerprint density at radius 3 is 2.86 bits per heavy atom. The molecular formula is C9H7FN2O2. The molecule has 0 atom stereocenters. The van der Waals surface area contributed by atoms with Crippen LogP contribution in [0.4, 0.5) is 4.39 Å². The number of aromatic nitrogens is 2. The van der Waals surface area contributed by atoms with Crippen LogP contribution in [0.2, 0.25) is 0 Å². The third-order valence-electron chi connectivity index (χ3n) is 1.89. The van der Waals surface area contributed by atoms with Crippen LogP contribution in [-0.2, 0) is 0 Å². The molecule has 72 valence electrons. The normalized spacial score (nSPS) is 10.4. The maximum absolute atomic E-state index is 13.1. The molecule has 0 aliphatic carbocycles. The first-order chi connectivity index (χ1) is 6.66. The van der Waals surface area contributed by atoms with E-state index in [4.69, 9.17) is 0 Å². The number of rotatable bonds is 1. The fraction of sp³-hybridized carbons (Fsp3) is 0.111. The van der Waals surface area contributed by atoms with E-state index < -0.39 is 5.76 Å². The van der Waals surface area contributed by atoms with E-state index in [0.717, 1.165) is 0 Å². The zero-order chi connectivity index (χ0) is 10.1. The summed E-state index contributed by atoms with van der Waals surface area (Å²) in [4.78, 5) is 13.0. The Kier molecular flexibility index (Phi) is 1.92. The predicted molar refractivity (Wildman–Crippen MR) is 47.3 cm³/mol. The predicted octanol–water partition coefficient (Wildman–Crippen LogP) is 1.48. The van der Waals surface area contributed by atoms with Crippen LogP contribution >= 0.6 is 0 Å². The van der Waals surface area contributed by atoms with Crippen LogP contribution in [-0.4, -0.2) is 10.1 Å². The lowest BCUT2D eigenvalue weighted by Crippen LogP contribution is -1.95. The maximum Gasteiger partial charge on any atom is 0.439 e. The molecule has 1 heterocycles. The molecule has 0 fully saturated rings. The quantitative estimate of drug-likeness (QED) is 0.747. The summed E-state index contributed by atoms with van der Waals surface area (Å²) in [7, 11) is 0. The van der Waals surface area contributed by atoms with Gasteiger partial charge in [0.2, 0.25) is 0 Å². The molecule has 0 radical (unpaired) electrons. The van der Waals surface area contributed by atoms with E-state index in [1.54, 1.807) is 19.1 Å². The highest BCUT2D eigenvalue weighted by Gasteiger charge is 2.06. The van der Waals surface area contributed by atoms with Gasteiger partial charge in [-0.15, -0.1) is 0 Å². The van der Waals surface area contributed by atoms with Gasteiger partial charge in [-0.3, -0.25) is 9.51 Å². The van der Waals surface area contributed by atoms with E-state index in [1.165, 1.54) is 6.07 Å². The standard InChI is InChI=1S/C9H7FN2O2/c1-5-2-3-6(4-7(5)10)8-11-9(13)14-12-8/h2-4H,1H3,(H,11,12,13). The van der Waals surface area contributed by atoms with E-state index in [0.29, 0.717) is 11.1 Å². The molecule has 0 bridgehead atoms. The van der Waals surface area contributed by atoms with E-state index in [-0.39, 0.29) is 11.6 Å². The van der Waals surface area contributed by atoms with Crippen LogP contribution in [0, 0.1) is 12.7 Å². The fourth-order valence-corrected chi connectivity index (χ4v) is 1.09. The minimum atomic E-state index is -0.652. The van der Waals surface area contributed by atoms with Gasteiger partial charge in [-0.25, -0.2) is 9.18 Å². The van der Waals surface area contributed by atoms with Gasteiger partial charge in [-0.05, 0) is 18.6 Å². The van der Waals surface area contributed by atoms with Crippen molar-refractivity contribution >= 4 is 0 Å². The van der Waals surface area contributed by atoms with Gasteiger partial charge in [0.25, 0.3) is 0 Å². The summed E-state index contributed by atoms with van der Waals surface area (Å²) in [5.74, 6) is -0.763. The molecule has 0 saturated heterocycles. The minimum Gasteiger partial charge on any atom is -0.296 e. The third-order valence-corrected chi connectivity index (χ3v) is 1.89. The van der Waals surface area contributed by atoms with Gasteiger partial charge in [-0.1, -0.05) is 17.3 Å². The van der Waals surface area contributed by atoms with Crippen LogP contribution in [0.15, 0.2) is 27.5 Å². The second-order valence-corrected chi connectivity index (χ2v) is 2.91. The summed E-state index contributed by atoms with van der Waals surface area (Å²) < 4.78 is 17.4. The summed E-state index contributed by atoms with van der Waals surface area (Å²) >= 11 is 0. The SMILES string of the molecule is Cc1ccc(-c2noc(=O)[nH]2)cc1F. The van der Waals surface area contributed by atoms with Crippen molar-refractivity contribution < 1.29 is 8.91 Å². The molecule has 2 rings (SSSR count). The lowest BCUT2D eigenvalue weighted by molar-refractivity contribution is 0.388. The van der Waals surface area contributed by atoms with Crippen molar-refractivity contribution in [3.63, 3.8) is 0 Å². The Morgan fingerprint density at radius 2 is 2.29 bits per heavy atom. The summed E-state index contributed by atoms with van der Waals surface area (Å²) in [6.45, 7) is 1.66. The van der Waals surface area contributed by atoms with Gasteiger partial charge in [-0.2, -0.15) is 0 Å². The number of hydrogen-bond acceptors (Lipinski definition) is 3. The first kappa shape index (κ1) is 8.68. The largest absolute Gasteiger partial charge is 0.439 e. The first-order valence-corrected chi connectivity index (χ1v) is 3.99. The number of halogens is 1. The number of nitrogens with one attached hydrogen (secondary N) is 1. The number of nitrogens with zero attached hydrogens (tertiary/aromatic N) is 1. The van der Waals surface area contributed by atoms with Crippen molar-refractivity contribution in [3.8, 4) is 11.4 Å². The Labute approximate surface area is 78.4 Å². The van der Waals surface area contributed by atoms with Crippen LogP contribution in [0.5, 0.6) is 0 Å². The molecular weight excluding hydrogens is 187 g/mol. The number of H-pyrrole nitrogens is 1. The molecule has 0 spiro atoms. The summed E-state index contributed by atoms with van der Waals surface area (Å²) in [6.07, 6.45) is 0. The Hall–Kier alpha value is -1.91. The van der Waals surface area contributed by atoms with E-state index in [2.05, 4.69) is 14.7 Å². The monoisotopic (exact) mass is 194 g/mol. The zero-order valence-corrected chi connectivity index (χ0v) is 7.37. The van der Waals surface area contributed by atoms with Gasteiger partial charge >= 0.3 is 5.76 Å². The number of aromatic amines is 1. The average molecular weight is 194 g/mol. The number of hydrogen-bond donors (Lipinski definition) is 1. The highest BCUT2D eigenvalue weighted by atomic mass is 19.1. The minimum absolute atomic E-state index is 0.230. The Balaban J connectivity index is 2.52. The van der Waals surface area contributed by atoms with Crippen LogP contribution in [0.25, 0.3) is 11.4 Å². The first-order valence-electron chi connectivity index (χ1n) is 3.99. The van der Waals surface area contributed by atoms with Crippen LogP contribution in [0.3, 0.4) is 0 Å². The molecule has 1 aromatic carbocycles. The summed E-state index contributed by atoms with van der Waals surface area (Å²) in [5.41, 5.74) is 1.03. The Morgan fingerprint density at radius 1 is 1.50 bits per heavy atom. The fourth-order valence-electron chi connectivity index (χ4n) is 1.09. The van der Waals surface area contributed by atoms with Gasteiger partial charge in [0, 0.05) is 5.56 Å². The maximum atomic E-state index is 13.1. The van der Waals surface area contributed by atoms with Gasteiger partial charge in [0.15, 0.2) is 5.82 Å². The second kappa shape index (κ2) is 3.10. The van der Waals surface area contributed by atoms with Crippen molar-refractivity contribution in [2.45, 2.75) is 6.92 Å². The molecule has 0 saturated carbocycles. The molecule has 4 nitrogen and oxygen atoms in total. The molecule has 0 aliphatic heterocycles. The van der Waals surface area contributed by atoms with Crippen molar-refractivity contribution in [1.29, 1.82) is 0 Å². The average Bonchev–Trinajstić information content (AvgIpc) is 2.57. The van der Waals surface area contributed by atoms with E-state index in [1.807, 2.05) is 0 Å². The molecule has 0 unspecified atom stereocenters. The zero-order valence-electron chi connectivity index (χ0n) is 7.37. The van der Waals surface area contributed by atoms with E-state index in [9.17, 15) is 9.18 Å². The molecule has 14 heavy (non-hydrogen) atoms. The lowest BCUT2D eigenvalue weighted by Gasteiger charge is -1.97. The summed E-state index contributed by atoms with van der Waals surface area (Å²) in [5, 5.41) is 3.45. The lowest BCUT2D eigenvalue weighted by atomic mass is 10.1. The van der Waals surface area contributed by atoms with Gasteiger partial charge in [0.1, 0.15) is 5.82 Å². The summed E-state index contributed by atoms with van der Waals surface area (Å²) in [6, 6.07) is 4.56. The third kappa shape index (κ3) is 1.44. The highest BCUT2D eigenvalue weighted by Crippen LogP contribution is 2.16. The van der Waals surface area contributed by atoms with Crippen LogP contribution < -0.4 is 5.76 Å². The molecule has 0 amide bonds. The van der Waals surface area contributed by atoms with Crippen molar-refractivity contribution in [1.82, 2.24) is 10.1 Å². The second-order valence-electron chi connectivity index (χ2n) is 2.91. The molecule has 1 aromatic heterocycles. The van der Waals surface area contributed by atoms with Gasteiger partial charge in [0.05, 0.1) is 0 Å². The molecule has 0 aliphatic rings. The van der Waals surface area contributed by atoms with Crippen LogP contribution in [0.1, 0.15) is 5.56 Å². The molecule has 2 aromatic rings. The smallest absolute Gasteiger partial charge is 0.296 e. The number of aryl methyl sites for hydroxylation is 1.